The Balaban J connectivity index is 0.000000791. The van der Waals surface area contributed by atoms with Crippen molar-refractivity contribution in [1.29, 1.82) is 5.41 Å². The first-order valence-corrected chi connectivity index (χ1v) is 5.23. The van der Waals surface area contributed by atoms with Crippen LogP contribution in [0.5, 0.6) is 0 Å². The van der Waals surface area contributed by atoms with Crippen LogP contribution in [0.2, 0.25) is 0 Å². The van der Waals surface area contributed by atoms with Gasteiger partial charge in [0, 0.05) is 18.0 Å². The summed E-state index contributed by atoms with van der Waals surface area (Å²) < 4.78 is 0. The molecule has 0 aliphatic rings. The van der Waals surface area contributed by atoms with Crippen molar-refractivity contribution < 1.29 is 0 Å². The van der Waals surface area contributed by atoms with Gasteiger partial charge < -0.3 is 10.7 Å². The Labute approximate surface area is 90.9 Å². The normalized spacial score (nSPS) is 8.57. The molecule has 1 rings (SSSR count). The van der Waals surface area contributed by atoms with Gasteiger partial charge in [0.15, 0.2) is 0 Å². The van der Waals surface area contributed by atoms with Crippen LogP contribution < -0.4 is 5.32 Å². The third kappa shape index (κ3) is 3.79. The second-order valence-corrected chi connectivity index (χ2v) is 2.75. The van der Waals surface area contributed by atoms with E-state index in [0.717, 1.165) is 11.1 Å². The average Bonchev–Trinajstić information content (AvgIpc) is 2.24. The van der Waals surface area contributed by atoms with Gasteiger partial charge in [0.05, 0.1) is 5.88 Å². The van der Waals surface area contributed by atoms with Crippen molar-refractivity contribution >= 4 is 24.7 Å². The molecule has 1 aromatic rings. The van der Waals surface area contributed by atoms with Crippen LogP contribution in [0.3, 0.4) is 0 Å². The van der Waals surface area contributed by atoms with E-state index in [2.05, 4.69) is 22.9 Å². The Kier molecular flexibility index (Phi) is 6.84. The van der Waals surface area contributed by atoms with Crippen LogP contribution in [-0.2, 0) is 0 Å². The van der Waals surface area contributed by atoms with Crippen molar-refractivity contribution in [2.24, 2.45) is 0 Å². The van der Waals surface area contributed by atoms with Crippen molar-refractivity contribution in [2.75, 3.05) is 11.2 Å². The van der Waals surface area contributed by atoms with Crippen LogP contribution in [0.15, 0.2) is 12.3 Å². The maximum Gasteiger partial charge on any atom is 0.135 e. The van der Waals surface area contributed by atoms with Gasteiger partial charge in [-0.15, -0.1) is 0 Å². The van der Waals surface area contributed by atoms with E-state index in [0.29, 0.717) is 11.7 Å². The molecule has 2 N–H and O–H groups in total. The summed E-state index contributed by atoms with van der Waals surface area (Å²) in [6, 6.07) is 1.91. The van der Waals surface area contributed by atoms with Crippen LogP contribution in [0, 0.1) is 12.3 Å². The molecule has 0 atom stereocenters. The predicted octanol–water partition coefficient (Wildman–Crippen LogP) is 2.71. The summed E-state index contributed by atoms with van der Waals surface area (Å²) in [6.07, 6.45) is 3.05. The molecule has 0 aliphatic heterocycles. The van der Waals surface area contributed by atoms with Gasteiger partial charge in [-0.05, 0) is 18.6 Å². The number of thiol groups is 1. The number of anilines is 1. The molecular formula is C10H17N3S. The minimum atomic E-state index is 0.525. The van der Waals surface area contributed by atoms with Crippen LogP contribution in [0.25, 0.3) is 0 Å². The van der Waals surface area contributed by atoms with Crippen molar-refractivity contribution in [3.05, 3.63) is 23.4 Å². The van der Waals surface area contributed by atoms with E-state index in [1.165, 1.54) is 6.21 Å². The van der Waals surface area contributed by atoms with Crippen molar-refractivity contribution in [2.45, 2.75) is 20.8 Å². The third-order valence-electron chi connectivity index (χ3n) is 1.46. The first kappa shape index (κ1) is 13.0. The molecule has 0 bridgehead atoms. The molecule has 0 radical (unpaired) electrons. The molecule has 1 heterocycles. The lowest BCUT2D eigenvalue weighted by molar-refractivity contribution is 1.23. The highest BCUT2D eigenvalue weighted by molar-refractivity contribution is 7.80. The van der Waals surface area contributed by atoms with E-state index < -0.39 is 0 Å². The fourth-order valence-electron chi connectivity index (χ4n) is 0.924. The van der Waals surface area contributed by atoms with E-state index in [4.69, 9.17) is 5.41 Å². The second kappa shape index (κ2) is 7.38. The van der Waals surface area contributed by atoms with Gasteiger partial charge in [0.25, 0.3) is 0 Å². The lowest BCUT2D eigenvalue weighted by Crippen LogP contribution is -2.01. The van der Waals surface area contributed by atoms with Crippen LogP contribution in [0.4, 0.5) is 5.82 Å². The van der Waals surface area contributed by atoms with Crippen LogP contribution in [-0.4, -0.2) is 17.1 Å². The number of nitrogens with one attached hydrogen (secondary N) is 2. The largest absolute Gasteiger partial charge is 0.361 e. The highest BCUT2D eigenvalue weighted by atomic mass is 32.1. The lowest BCUT2D eigenvalue weighted by Gasteiger charge is -2.05. The molecule has 0 aliphatic carbocycles. The molecule has 0 unspecified atom stereocenters. The van der Waals surface area contributed by atoms with Gasteiger partial charge in [-0.2, -0.15) is 12.6 Å². The zero-order valence-corrected chi connectivity index (χ0v) is 9.73. The minimum absolute atomic E-state index is 0.525. The quantitative estimate of drug-likeness (QED) is 0.409. The number of aryl methyl sites for hydroxylation is 1. The minimum Gasteiger partial charge on any atom is -0.361 e. The first-order valence-electron chi connectivity index (χ1n) is 4.59. The zero-order chi connectivity index (χ0) is 11.0. The summed E-state index contributed by atoms with van der Waals surface area (Å²) in [5.41, 5.74) is 1.85. The Morgan fingerprint density at radius 3 is 2.71 bits per heavy atom. The van der Waals surface area contributed by atoms with Gasteiger partial charge in [0.2, 0.25) is 0 Å². The molecule has 1 aromatic heterocycles. The molecule has 78 valence electrons. The SMILES string of the molecule is CC.Cc1cnc(NCS)c(C=N)c1. The number of aromatic nitrogens is 1. The predicted molar refractivity (Wildman–Crippen MR) is 65.7 cm³/mol. The highest BCUT2D eigenvalue weighted by Gasteiger charge is 1.99. The molecule has 0 saturated carbocycles. The van der Waals surface area contributed by atoms with Gasteiger partial charge >= 0.3 is 0 Å². The van der Waals surface area contributed by atoms with Crippen LogP contribution in [0.1, 0.15) is 25.0 Å². The summed E-state index contributed by atoms with van der Waals surface area (Å²) in [5.74, 6) is 1.24. The number of nitrogens with zero attached hydrogens (tertiary/aromatic N) is 1. The molecule has 0 fully saturated rings. The topological polar surface area (TPSA) is 48.8 Å². The second-order valence-electron chi connectivity index (χ2n) is 2.43. The Morgan fingerprint density at radius 1 is 1.57 bits per heavy atom. The maximum absolute atomic E-state index is 7.13. The summed E-state index contributed by atoms with van der Waals surface area (Å²) in [7, 11) is 0. The van der Waals surface area contributed by atoms with E-state index in [-0.39, 0.29) is 0 Å². The van der Waals surface area contributed by atoms with Gasteiger partial charge in [0.1, 0.15) is 5.82 Å². The summed E-state index contributed by atoms with van der Waals surface area (Å²) in [6.45, 7) is 5.95. The Bertz CT molecular complexity index is 287. The zero-order valence-electron chi connectivity index (χ0n) is 8.83. The monoisotopic (exact) mass is 211 g/mol. The average molecular weight is 211 g/mol. The molecule has 14 heavy (non-hydrogen) atoms. The maximum atomic E-state index is 7.13. The van der Waals surface area contributed by atoms with E-state index in [9.17, 15) is 0 Å². The van der Waals surface area contributed by atoms with Crippen molar-refractivity contribution in [3.63, 3.8) is 0 Å². The molecule has 0 saturated heterocycles. The standard InChI is InChI=1S/C8H11N3S.C2H6/c1-6-2-7(3-9)8(10-4-6)11-5-12;1-2/h2-4,9,12H,5H2,1H3,(H,10,11);1-2H3. The van der Waals surface area contributed by atoms with Crippen molar-refractivity contribution in [1.82, 2.24) is 4.98 Å². The smallest absolute Gasteiger partial charge is 0.135 e. The Hall–Kier alpha value is -1.03. The van der Waals surface area contributed by atoms with Crippen LogP contribution >= 0.6 is 12.6 Å². The summed E-state index contributed by atoms with van der Waals surface area (Å²) in [4.78, 5) is 4.13. The first-order chi connectivity index (χ1) is 6.77. The lowest BCUT2D eigenvalue weighted by atomic mass is 10.2. The van der Waals surface area contributed by atoms with E-state index >= 15 is 0 Å². The molecular weight excluding hydrogens is 194 g/mol. The van der Waals surface area contributed by atoms with Gasteiger partial charge in [-0.3, -0.25) is 0 Å². The number of hydrogen-bond acceptors (Lipinski definition) is 4. The fourth-order valence-corrected chi connectivity index (χ4v) is 1.07. The number of rotatable bonds is 3. The summed E-state index contributed by atoms with van der Waals surface area (Å²) in [5, 5.41) is 10.1. The number of hydrogen-bond donors (Lipinski definition) is 3. The Morgan fingerprint density at radius 2 is 2.21 bits per heavy atom. The molecule has 0 amide bonds. The van der Waals surface area contributed by atoms with Gasteiger partial charge in [-0.25, -0.2) is 4.98 Å². The molecule has 4 heteroatoms. The van der Waals surface area contributed by atoms with E-state index in [1.54, 1.807) is 6.20 Å². The van der Waals surface area contributed by atoms with Crippen molar-refractivity contribution in [3.8, 4) is 0 Å². The van der Waals surface area contributed by atoms with Gasteiger partial charge in [-0.1, -0.05) is 13.8 Å². The highest BCUT2D eigenvalue weighted by Crippen LogP contribution is 2.10. The molecule has 0 spiro atoms. The number of pyridine rings is 1. The fraction of sp³-hybridized carbons (Fsp3) is 0.400. The molecule has 3 nitrogen and oxygen atoms in total. The molecule has 0 aromatic carbocycles. The van der Waals surface area contributed by atoms with E-state index in [1.807, 2.05) is 26.8 Å². The summed E-state index contributed by atoms with van der Waals surface area (Å²) >= 11 is 4.02. The third-order valence-corrected chi connectivity index (χ3v) is 1.61.